The van der Waals surface area contributed by atoms with Gasteiger partial charge in [0.05, 0.1) is 11.0 Å². The van der Waals surface area contributed by atoms with Crippen molar-refractivity contribution < 1.29 is 4.92 Å². The number of nitro groups is 1. The minimum atomic E-state index is -0.331. The Balaban J connectivity index is 2.29. The molecule has 1 N–H and O–H groups in total. The zero-order valence-electron chi connectivity index (χ0n) is 11.8. The Bertz CT molecular complexity index is 609. The molecule has 5 heteroatoms. The van der Waals surface area contributed by atoms with Crippen molar-refractivity contribution in [3.05, 3.63) is 55.8 Å². The first kappa shape index (κ1) is 14.5. The third-order valence-corrected chi connectivity index (χ3v) is 4.35. The Labute approximate surface area is 122 Å². The van der Waals surface area contributed by atoms with Gasteiger partial charge in [-0.05, 0) is 43.3 Å². The summed E-state index contributed by atoms with van der Waals surface area (Å²) in [6.07, 6.45) is 0.968. The van der Waals surface area contributed by atoms with Crippen LogP contribution in [0.5, 0.6) is 0 Å². The summed E-state index contributed by atoms with van der Waals surface area (Å²) in [5.74, 6) is 0. The van der Waals surface area contributed by atoms with E-state index in [0.717, 1.165) is 17.7 Å². The second kappa shape index (κ2) is 6.05. The normalized spacial score (nSPS) is 12.2. The van der Waals surface area contributed by atoms with Crippen molar-refractivity contribution in [1.29, 1.82) is 0 Å². The second-order valence-corrected chi connectivity index (χ2v) is 5.81. The van der Waals surface area contributed by atoms with Gasteiger partial charge >= 0.3 is 0 Å². The van der Waals surface area contributed by atoms with Crippen LogP contribution < -0.4 is 5.32 Å². The van der Waals surface area contributed by atoms with E-state index in [1.807, 2.05) is 19.1 Å². The minimum absolute atomic E-state index is 0.178. The molecule has 1 aromatic carbocycles. The molecule has 1 atom stereocenters. The molecule has 2 rings (SSSR count). The van der Waals surface area contributed by atoms with Crippen LogP contribution in [0.1, 0.15) is 35.4 Å². The molecule has 2 aromatic rings. The van der Waals surface area contributed by atoms with E-state index in [4.69, 9.17) is 0 Å². The zero-order valence-corrected chi connectivity index (χ0v) is 12.7. The molecule has 0 aliphatic heterocycles. The molecular formula is C15H18N2O2S. The SMILES string of the molecule is CCC(Nc1cc(C)c([N+](=O)[O-])cc1C)c1cccs1. The highest BCUT2D eigenvalue weighted by molar-refractivity contribution is 7.10. The molecule has 0 bridgehead atoms. The molecule has 106 valence electrons. The van der Waals surface area contributed by atoms with Gasteiger partial charge in [-0.3, -0.25) is 10.1 Å². The number of nitrogens with zero attached hydrogens (tertiary/aromatic N) is 1. The fourth-order valence-electron chi connectivity index (χ4n) is 2.20. The lowest BCUT2D eigenvalue weighted by Crippen LogP contribution is -2.09. The molecule has 1 aromatic heterocycles. The summed E-state index contributed by atoms with van der Waals surface area (Å²) < 4.78 is 0. The lowest BCUT2D eigenvalue weighted by molar-refractivity contribution is -0.385. The number of benzene rings is 1. The highest BCUT2D eigenvalue weighted by Crippen LogP contribution is 2.31. The molecule has 0 saturated heterocycles. The molecule has 0 saturated carbocycles. The van der Waals surface area contributed by atoms with Gasteiger partial charge in [0, 0.05) is 22.2 Å². The smallest absolute Gasteiger partial charge is 0.272 e. The van der Waals surface area contributed by atoms with E-state index in [-0.39, 0.29) is 16.7 Å². The van der Waals surface area contributed by atoms with Crippen LogP contribution in [0, 0.1) is 24.0 Å². The van der Waals surface area contributed by atoms with E-state index in [9.17, 15) is 10.1 Å². The summed E-state index contributed by atoms with van der Waals surface area (Å²) in [5, 5.41) is 16.5. The Morgan fingerprint density at radius 2 is 2.10 bits per heavy atom. The number of hydrogen-bond donors (Lipinski definition) is 1. The maximum atomic E-state index is 10.9. The van der Waals surface area contributed by atoms with Crippen molar-refractivity contribution in [2.45, 2.75) is 33.2 Å². The monoisotopic (exact) mass is 290 g/mol. The van der Waals surface area contributed by atoms with E-state index in [1.165, 1.54) is 4.88 Å². The van der Waals surface area contributed by atoms with Crippen molar-refractivity contribution in [2.75, 3.05) is 5.32 Å². The van der Waals surface area contributed by atoms with Crippen molar-refractivity contribution in [3.8, 4) is 0 Å². The van der Waals surface area contributed by atoms with Crippen LogP contribution in [0.15, 0.2) is 29.6 Å². The third kappa shape index (κ3) is 2.99. The molecule has 0 aliphatic rings. The maximum Gasteiger partial charge on any atom is 0.272 e. The zero-order chi connectivity index (χ0) is 14.7. The molecular weight excluding hydrogens is 272 g/mol. The largest absolute Gasteiger partial charge is 0.377 e. The van der Waals surface area contributed by atoms with Gasteiger partial charge in [-0.15, -0.1) is 11.3 Å². The molecule has 20 heavy (non-hydrogen) atoms. The molecule has 1 heterocycles. The van der Waals surface area contributed by atoms with Crippen LogP contribution in [0.2, 0.25) is 0 Å². The molecule has 0 aliphatic carbocycles. The predicted octanol–water partition coefficient (Wildman–Crippen LogP) is 4.84. The number of anilines is 1. The Morgan fingerprint density at radius 3 is 2.65 bits per heavy atom. The Morgan fingerprint density at radius 1 is 1.35 bits per heavy atom. The van der Waals surface area contributed by atoms with Gasteiger partial charge in [0.2, 0.25) is 0 Å². The quantitative estimate of drug-likeness (QED) is 0.633. The first-order valence-corrected chi connectivity index (χ1v) is 7.46. The van der Waals surface area contributed by atoms with E-state index >= 15 is 0 Å². The molecule has 0 fully saturated rings. The average Bonchev–Trinajstić information content (AvgIpc) is 2.92. The topological polar surface area (TPSA) is 55.2 Å². The summed E-state index contributed by atoms with van der Waals surface area (Å²) in [7, 11) is 0. The van der Waals surface area contributed by atoms with Gasteiger partial charge in [-0.1, -0.05) is 13.0 Å². The van der Waals surface area contributed by atoms with Crippen LogP contribution >= 0.6 is 11.3 Å². The molecule has 4 nitrogen and oxygen atoms in total. The van der Waals surface area contributed by atoms with Crippen LogP contribution in [0.3, 0.4) is 0 Å². The second-order valence-electron chi connectivity index (χ2n) is 4.83. The summed E-state index contributed by atoms with van der Waals surface area (Å²) in [6, 6.07) is 7.90. The number of aryl methyl sites for hydroxylation is 2. The van der Waals surface area contributed by atoms with Gasteiger partial charge < -0.3 is 5.32 Å². The molecule has 0 radical (unpaired) electrons. The minimum Gasteiger partial charge on any atom is -0.377 e. The fraction of sp³-hybridized carbons (Fsp3) is 0.333. The molecule has 0 spiro atoms. The van der Waals surface area contributed by atoms with Crippen molar-refractivity contribution in [3.63, 3.8) is 0 Å². The lowest BCUT2D eigenvalue weighted by Gasteiger charge is -2.19. The highest BCUT2D eigenvalue weighted by atomic mass is 32.1. The van der Waals surface area contributed by atoms with Crippen molar-refractivity contribution in [1.82, 2.24) is 0 Å². The van der Waals surface area contributed by atoms with E-state index in [1.54, 1.807) is 24.3 Å². The van der Waals surface area contributed by atoms with Gasteiger partial charge in [0.15, 0.2) is 0 Å². The molecule has 1 unspecified atom stereocenters. The van der Waals surface area contributed by atoms with Gasteiger partial charge in [-0.25, -0.2) is 0 Å². The van der Waals surface area contributed by atoms with Crippen molar-refractivity contribution >= 4 is 22.7 Å². The van der Waals surface area contributed by atoms with Crippen LogP contribution in [-0.2, 0) is 0 Å². The Hall–Kier alpha value is -1.88. The first-order chi connectivity index (χ1) is 9.52. The summed E-state index contributed by atoms with van der Waals surface area (Å²) in [5.41, 5.74) is 2.73. The van der Waals surface area contributed by atoms with E-state index < -0.39 is 0 Å². The number of hydrogen-bond acceptors (Lipinski definition) is 4. The van der Waals surface area contributed by atoms with Crippen molar-refractivity contribution in [2.24, 2.45) is 0 Å². The average molecular weight is 290 g/mol. The number of nitrogens with one attached hydrogen (secondary N) is 1. The van der Waals surface area contributed by atoms with Gasteiger partial charge in [0.25, 0.3) is 5.69 Å². The summed E-state index contributed by atoms with van der Waals surface area (Å²) in [4.78, 5) is 11.9. The van der Waals surface area contributed by atoms with Gasteiger partial charge in [-0.2, -0.15) is 0 Å². The number of thiophene rings is 1. The summed E-state index contributed by atoms with van der Waals surface area (Å²) >= 11 is 1.72. The van der Waals surface area contributed by atoms with E-state index in [0.29, 0.717) is 5.56 Å². The fourth-order valence-corrected chi connectivity index (χ4v) is 3.07. The standard InChI is InChI=1S/C15H18N2O2S/c1-4-12(15-6-5-7-20-15)16-13-8-11(3)14(17(18)19)9-10(13)2/h5-9,12,16H,4H2,1-3H3. The first-order valence-electron chi connectivity index (χ1n) is 6.58. The van der Waals surface area contributed by atoms with Crippen LogP contribution in [-0.4, -0.2) is 4.92 Å². The van der Waals surface area contributed by atoms with E-state index in [2.05, 4.69) is 23.7 Å². The van der Waals surface area contributed by atoms with Gasteiger partial charge in [0.1, 0.15) is 0 Å². The lowest BCUT2D eigenvalue weighted by atomic mass is 10.1. The molecule has 0 amide bonds. The highest BCUT2D eigenvalue weighted by Gasteiger charge is 2.16. The maximum absolute atomic E-state index is 10.9. The van der Waals surface area contributed by atoms with Crippen LogP contribution in [0.25, 0.3) is 0 Å². The van der Waals surface area contributed by atoms with Crippen LogP contribution in [0.4, 0.5) is 11.4 Å². The third-order valence-electron chi connectivity index (χ3n) is 3.36. The number of rotatable bonds is 5. The Kier molecular flexibility index (Phi) is 4.39. The summed E-state index contributed by atoms with van der Waals surface area (Å²) in [6.45, 7) is 5.80. The number of nitro benzene ring substituents is 1. The predicted molar refractivity (Wildman–Crippen MR) is 83.5 cm³/mol.